The molecular weight excluding hydrogens is 438 g/mol. The first-order valence-electron chi connectivity index (χ1n) is 10.5. The fraction of sp³-hybridized carbons (Fsp3) is 0.650. The van der Waals surface area contributed by atoms with Crippen molar-refractivity contribution in [1.29, 1.82) is 0 Å². The fourth-order valence-electron chi connectivity index (χ4n) is 4.35. The minimum Gasteiger partial charge on any atom is -0.319 e. The Morgan fingerprint density at radius 2 is 1.53 bits per heavy atom. The molecule has 1 aromatic heterocycles. The van der Waals surface area contributed by atoms with Crippen LogP contribution in [0, 0.1) is 17.7 Å². The topological polar surface area (TPSA) is 87.7 Å². The van der Waals surface area contributed by atoms with E-state index in [1.165, 1.54) is 0 Å². The van der Waals surface area contributed by atoms with Gasteiger partial charge >= 0.3 is 0 Å². The van der Waals surface area contributed by atoms with Crippen LogP contribution in [-0.2, 0) is 0 Å². The molecule has 2 fully saturated rings. The van der Waals surface area contributed by atoms with E-state index >= 15 is 0 Å². The molecule has 0 aromatic carbocycles. The van der Waals surface area contributed by atoms with E-state index in [1.54, 1.807) is 0 Å². The number of aromatic nitrogens is 1. The lowest BCUT2D eigenvalue weighted by molar-refractivity contribution is -0.0555. The van der Waals surface area contributed by atoms with Crippen molar-refractivity contribution in [1.82, 2.24) is 15.6 Å². The predicted molar refractivity (Wildman–Crippen MR) is 105 cm³/mol. The van der Waals surface area contributed by atoms with E-state index in [4.69, 9.17) is 5.73 Å². The van der Waals surface area contributed by atoms with Gasteiger partial charge in [-0.15, -0.1) is 0 Å². The number of pyridine rings is 1. The standard InChI is InChI=1S/C20H24F6N6/c21-13-1-2-14(22)29-15(13)16-30-17(28-12-5-9-19(25,26)10-6-12)32-20(27,31-16)11-3-7-18(23,24)8-4-11/h1-2,11-12H,3-10,27H2,(H2,28,30,31,32). The van der Waals surface area contributed by atoms with E-state index < -0.39 is 47.1 Å². The van der Waals surface area contributed by atoms with E-state index in [2.05, 4.69) is 25.6 Å². The van der Waals surface area contributed by atoms with E-state index in [1.807, 2.05) is 0 Å². The molecule has 2 saturated carbocycles. The molecule has 0 radical (unpaired) electrons. The van der Waals surface area contributed by atoms with Crippen molar-refractivity contribution in [3.8, 4) is 0 Å². The monoisotopic (exact) mass is 462 g/mol. The number of aliphatic imine (C=N–C) groups is 2. The molecule has 1 aromatic rings. The van der Waals surface area contributed by atoms with Crippen LogP contribution in [0.5, 0.6) is 0 Å². The molecular formula is C20H24F6N6. The number of nitrogens with zero attached hydrogens (tertiary/aromatic N) is 3. The van der Waals surface area contributed by atoms with Gasteiger partial charge in [-0.05, 0) is 37.8 Å². The van der Waals surface area contributed by atoms with Crippen molar-refractivity contribution in [2.45, 2.75) is 75.0 Å². The number of halogens is 6. The van der Waals surface area contributed by atoms with Crippen LogP contribution in [0.15, 0.2) is 22.1 Å². The lowest BCUT2D eigenvalue weighted by atomic mass is 9.82. The minimum atomic E-state index is -2.80. The van der Waals surface area contributed by atoms with Crippen LogP contribution in [0.1, 0.15) is 57.1 Å². The zero-order valence-electron chi connectivity index (χ0n) is 17.2. The molecule has 0 spiro atoms. The molecule has 12 heteroatoms. The Kier molecular flexibility index (Phi) is 5.84. The Morgan fingerprint density at radius 3 is 2.16 bits per heavy atom. The summed E-state index contributed by atoms with van der Waals surface area (Å²) in [6, 6.07) is 1.27. The molecule has 1 unspecified atom stereocenters. The predicted octanol–water partition coefficient (Wildman–Crippen LogP) is 3.67. The normalized spacial score (nSPS) is 29.8. The quantitative estimate of drug-likeness (QED) is 0.473. The SMILES string of the molecule is NC1(C2CCC(F)(F)CC2)N=C(c2nc(F)ccc2F)NC(=NC2CCC(F)(F)CC2)N1. The first kappa shape index (κ1) is 22.8. The Morgan fingerprint density at radius 1 is 0.938 bits per heavy atom. The van der Waals surface area contributed by atoms with Gasteiger partial charge < -0.3 is 10.6 Å². The zero-order chi connectivity index (χ0) is 23.1. The van der Waals surface area contributed by atoms with Crippen molar-refractivity contribution in [2.75, 3.05) is 0 Å². The molecule has 4 rings (SSSR count). The average Bonchev–Trinajstić information content (AvgIpc) is 2.71. The molecule has 32 heavy (non-hydrogen) atoms. The van der Waals surface area contributed by atoms with Gasteiger partial charge in [0.05, 0.1) is 6.04 Å². The number of nitrogens with two attached hydrogens (primary N) is 1. The Balaban J connectivity index is 1.65. The molecule has 3 aliphatic rings. The lowest BCUT2D eigenvalue weighted by Gasteiger charge is -2.42. The van der Waals surface area contributed by atoms with Crippen LogP contribution in [0.25, 0.3) is 0 Å². The molecule has 1 aliphatic heterocycles. The van der Waals surface area contributed by atoms with Crippen LogP contribution in [0.3, 0.4) is 0 Å². The van der Waals surface area contributed by atoms with Gasteiger partial charge in [0.1, 0.15) is 5.69 Å². The van der Waals surface area contributed by atoms with E-state index in [0.717, 1.165) is 12.1 Å². The third-order valence-corrected chi connectivity index (χ3v) is 6.23. The first-order valence-corrected chi connectivity index (χ1v) is 10.5. The van der Waals surface area contributed by atoms with Crippen molar-refractivity contribution in [2.24, 2.45) is 21.6 Å². The summed E-state index contributed by atoms with van der Waals surface area (Å²) in [4.78, 5) is 12.2. The van der Waals surface area contributed by atoms with E-state index in [-0.39, 0.29) is 63.2 Å². The molecule has 2 aliphatic carbocycles. The summed E-state index contributed by atoms with van der Waals surface area (Å²) >= 11 is 0. The zero-order valence-corrected chi connectivity index (χ0v) is 17.2. The van der Waals surface area contributed by atoms with Gasteiger partial charge in [0.25, 0.3) is 0 Å². The summed E-state index contributed by atoms with van der Waals surface area (Å²) in [6.07, 6.45) is -1.04. The van der Waals surface area contributed by atoms with Crippen LogP contribution in [-0.4, -0.2) is 40.5 Å². The van der Waals surface area contributed by atoms with Crippen molar-refractivity contribution in [3.05, 3.63) is 29.6 Å². The molecule has 2 heterocycles. The maximum Gasteiger partial charge on any atom is 0.248 e. The highest BCUT2D eigenvalue weighted by Gasteiger charge is 2.46. The van der Waals surface area contributed by atoms with Gasteiger partial charge in [-0.25, -0.2) is 36.9 Å². The third-order valence-electron chi connectivity index (χ3n) is 6.23. The van der Waals surface area contributed by atoms with Crippen molar-refractivity contribution >= 4 is 11.8 Å². The van der Waals surface area contributed by atoms with Crippen LogP contribution in [0.2, 0.25) is 0 Å². The Hall–Kier alpha value is -2.37. The number of hydrogen-bond acceptors (Lipinski definition) is 4. The second kappa shape index (κ2) is 8.20. The van der Waals surface area contributed by atoms with Crippen LogP contribution in [0.4, 0.5) is 26.3 Å². The second-order valence-electron chi connectivity index (χ2n) is 8.70. The minimum absolute atomic E-state index is 0.0375. The van der Waals surface area contributed by atoms with Crippen molar-refractivity contribution in [3.63, 3.8) is 0 Å². The van der Waals surface area contributed by atoms with Gasteiger partial charge in [-0.1, -0.05) is 0 Å². The van der Waals surface area contributed by atoms with Gasteiger partial charge in [-0.2, -0.15) is 4.39 Å². The summed E-state index contributed by atoms with van der Waals surface area (Å²) in [5.74, 6) is -9.70. The number of hydrogen-bond donors (Lipinski definition) is 3. The van der Waals surface area contributed by atoms with Crippen LogP contribution >= 0.6 is 0 Å². The average molecular weight is 462 g/mol. The van der Waals surface area contributed by atoms with Gasteiger partial charge in [0.15, 0.2) is 23.4 Å². The largest absolute Gasteiger partial charge is 0.319 e. The second-order valence-corrected chi connectivity index (χ2v) is 8.70. The molecule has 0 saturated heterocycles. The van der Waals surface area contributed by atoms with Crippen molar-refractivity contribution < 1.29 is 26.3 Å². The number of guanidine groups is 1. The summed E-state index contributed by atoms with van der Waals surface area (Å²) in [5.41, 5.74) is 6.01. The fourth-order valence-corrected chi connectivity index (χ4v) is 4.35. The van der Waals surface area contributed by atoms with E-state index in [9.17, 15) is 26.3 Å². The first-order chi connectivity index (χ1) is 14.9. The molecule has 6 nitrogen and oxygen atoms in total. The highest BCUT2D eigenvalue weighted by atomic mass is 19.3. The lowest BCUT2D eigenvalue weighted by Crippen LogP contribution is -2.67. The maximum absolute atomic E-state index is 14.4. The molecule has 1 atom stereocenters. The summed E-state index contributed by atoms with van der Waals surface area (Å²) < 4.78 is 82.4. The number of nitrogens with one attached hydrogen (secondary N) is 2. The smallest absolute Gasteiger partial charge is 0.248 e. The highest BCUT2D eigenvalue weighted by molar-refractivity contribution is 6.09. The van der Waals surface area contributed by atoms with E-state index in [0.29, 0.717) is 0 Å². The number of amidine groups is 1. The number of alkyl halides is 4. The number of rotatable bonds is 3. The van der Waals surface area contributed by atoms with Crippen LogP contribution < -0.4 is 16.4 Å². The summed E-state index contributed by atoms with van der Waals surface area (Å²) in [7, 11) is 0. The summed E-state index contributed by atoms with van der Waals surface area (Å²) in [6.45, 7) is 0. The third kappa shape index (κ3) is 5.00. The summed E-state index contributed by atoms with van der Waals surface area (Å²) in [5, 5.41) is 5.60. The molecule has 4 N–H and O–H groups in total. The maximum atomic E-state index is 14.4. The molecule has 176 valence electrons. The van der Waals surface area contributed by atoms with Gasteiger partial charge in [-0.3, -0.25) is 5.73 Å². The van der Waals surface area contributed by atoms with Gasteiger partial charge in [0.2, 0.25) is 17.8 Å². The Bertz CT molecular complexity index is 915. The Labute approximate surface area is 180 Å². The molecule has 0 amide bonds. The molecule has 0 bridgehead atoms. The highest BCUT2D eigenvalue weighted by Crippen LogP contribution is 2.40. The van der Waals surface area contributed by atoms with Gasteiger partial charge in [0, 0.05) is 31.6 Å².